The first kappa shape index (κ1) is 15.0. The Bertz CT molecular complexity index is 394. The first-order valence-corrected chi connectivity index (χ1v) is 6.17. The Morgan fingerprint density at radius 2 is 2.06 bits per heavy atom. The molecule has 1 aromatic carbocycles. The second-order valence-corrected chi connectivity index (χ2v) is 4.20. The lowest BCUT2D eigenvalue weighted by Gasteiger charge is -2.22. The molecule has 0 radical (unpaired) electrons. The number of benzene rings is 1. The summed E-state index contributed by atoms with van der Waals surface area (Å²) in [6.07, 6.45) is -0.467. The largest absolute Gasteiger partial charge is 0.354 e. The van der Waals surface area contributed by atoms with E-state index in [1.807, 2.05) is 13.0 Å². The van der Waals surface area contributed by atoms with Gasteiger partial charge in [-0.15, -0.1) is 11.6 Å². The quantitative estimate of drug-likeness (QED) is 0.637. The van der Waals surface area contributed by atoms with Crippen LogP contribution in [0.15, 0.2) is 24.3 Å². The van der Waals surface area contributed by atoms with Crippen molar-refractivity contribution >= 4 is 17.5 Å². The number of methoxy groups -OCH3 is 2. The minimum Gasteiger partial charge on any atom is -0.354 e. The molecule has 1 amide bonds. The molecule has 1 aromatic rings. The molecule has 0 spiro atoms. The van der Waals surface area contributed by atoms with Gasteiger partial charge >= 0.3 is 0 Å². The highest BCUT2D eigenvalue weighted by Gasteiger charge is 2.18. The van der Waals surface area contributed by atoms with E-state index in [2.05, 4.69) is 5.32 Å². The summed E-state index contributed by atoms with van der Waals surface area (Å²) in [5.41, 5.74) is 1.48. The fourth-order valence-electron chi connectivity index (χ4n) is 1.66. The van der Waals surface area contributed by atoms with Crippen LogP contribution in [0.3, 0.4) is 0 Å². The Hall–Kier alpha value is -1.10. The second-order valence-electron chi connectivity index (χ2n) is 3.94. The van der Waals surface area contributed by atoms with Crippen LogP contribution in [0.4, 0.5) is 0 Å². The predicted octanol–water partition coefficient (Wildman–Crippen LogP) is 2.16. The third-order valence-corrected chi connectivity index (χ3v) is 2.88. The summed E-state index contributed by atoms with van der Waals surface area (Å²) < 4.78 is 10.2. The van der Waals surface area contributed by atoms with E-state index in [1.54, 1.807) is 18.2 Å². The average Bonchev–Trinajstić information content (AvgIpc) is 2.40. The van der Waals surface area contributed by atoms with E-state index in [9.17, 15) is 4.79 Å². The van der Waals surface area contributed by atoms with E-state index in [0.717, 1.165) is 5.56 Å². The lowest BCUT2D eigenvalue weighted by atomic mass is 10.1. The zero-order valence-electron chi connectivity index (χ0n) is 10.8. The Morgan fingerprint density at radius 3 is 2.61 bits per heavy atom. The third kappa shape index (κ3) is 3.98. The van der Waals surface area contributed by atoms with Crippen LogP contribution in [0.1, 0.15) is 22.8 Å². The van der Waals surface area contributed by atoms with Crippen molar-refractivity contribution in [1.29, 1.82) is 0 Å². The van der Waals surface area contributed by atoms with E-state index in [4.69, 9.17) is 21.1 Å². The van der Waals surface area contributed by atoms with Crippen molar-refractivity contribution in [1.82, 2.24) is 5.32 Å². The van der Waals surface area contributed by atoms with Gasteiger partial charge in [-0.2, -0.15) is 0 Å². The number of hydrogen-bond donors (Lipinski definition) is 1. The first-order valence-electron chi connectivity index (χ1n) is 5.63. The van der Waals surface area contributed by atoms with Crippen LogP contribution in [-0.2, 0) is 15.4 Å². The highest BCUT2D eigenvalue weighted by atomic mass is 35.5. The molecular formula is C13H18ClNO3. The molecule has 0 heterocycles. The lowest BCUT2D eigenvalue weighted by Crippen LogP contribution is -2.42. The lowest BCUT2D eigenvalue weighted by molar-refractivity contribution is -0.117. The van der Waals surface area contributed by atoms with Gasteiger partial charge in [0.15, 0.2) is 6.29 Å². The Balaban J connectivity index is 2.69. The number of alkyl halides is 1. The number of ether oxygens (including phenoxy) is 2. The van der Waals surface area contributed by atoms with Crippen molar-refractivity contribution in [3.63, 3.8) is 0 Å². The van der Waals surface area contributed by atoms with Crippen LogP contribution >= 0.6 is 11.6 Å². The van der Waals surface area contributed by atoms with Gasteiger partial charge in [0.25, 0.3) is 5.91 Å². The van der Waals surface area contributed by atoms with Gasteiger partial charge in [0.1, 0.15) is 0 Å². The van der Waals surface area contributed by atoms with Crippen LogP contribution in [0.25, 0.3) is 0 Å². The maximum absolute atomic E-state index is 12.0. The van der Waals surface area contributed by atoms with Gasteiger partial charge < -0.3 is 14.8 Å². The number of rotatable bonds is 6. The van der Waals surface area contributed by atoms with Crippen molar-refractivity contribution in [3.8, 4) is 0 Å². The summed E-state index contributed by atoms with van der Waals surface area (Å²) in [5, 5.41) is 2.82. The molecule has 1 rings (SSSR count). The van der Waals surface area contributed by atoms with Gasteiger partial charge in [0.2, 0.25) is 0 Å². The monoisotopic (exact) mass is 271 g/mol. The van der Waals surface area contributed by atoms with Gasteiger partial charge in [-0.25, -0.2) is 0 Å². The molecular weight excluding hydrogens is 254 g/mol. The van der Waals surface area contributed by atoms with Gasteiger partial charge in [0, 0.05) is 25.7 Å². The normalized spacial score (nSPS) is 12.5. The molecule has 0 aliphatic heterocycles. The summed E-state index contributed by atoms with van der Waals surface area (Å²) in [6, 6.07) is 6.95. The highest BCUT2D eigenvalue weighted by Crippen LogP contribution is 2.08. The van der Waals surface area contributed by atoms with Gasteiger partial charge in [0.05, 0.1) is 6.04 Å². The van der Waals surface area contributed by atoms with E-state index >= 15 is 0 Å². The number of carbonyl (C=O) groups is 1. The van der Waals surface area contributed by atoms with Crippen LogP contribution in [0, 0.1) is 0 Å². The Morgan fingerprint density at radius 1 is 1.39 bits per heavy atom. The average molecular weight is 272 g/mol. The molecule has 0 bridgehead atoms. The van der Waals surface area contributed by atoms with Gasteiger partial charge in [-0.3, -0.25) is 4.79 Å². The summed E-state index contributed by atoms with van der Waals surface area (Å²) in [7, 11) is 3.07. The van der Waals surface area contributed by atoms with Crippen LogP contribution in [0.5, 0.6) is 0 Å². The van der Waals surface area contributed by atoms with Crippen molar-refractivity contribution in [2.75, 3.05) is 14.2 Å². The van der Waals surface area contributed by atoms with E-state index < -0.39 is 6.29 Å². The molecule has 0 aliphatic carbocycles. The SMILES string of the molecule is COC(OC)C(C)NC(=O)c1cccc(CCl)c1. The zero-order chi connectivity index (χ0) is 13.5. The summed E-state index contributed by atoms with van der Waals surface area (Å²) >= 11 is 5.73. The summed E-state index contributed by atoms with van der Waals surface area (Å²) in [6.45, 7) is 1.82. The fraction of sp³-hybridized carbons (Fsp3) is 0.462. The molecule has 5 heteroatoms. The molecule has 1 atom stereocenters. The van der Waals surface area contributed by atoms with Crippen LogP contribution in [0.2, 0.25) is 0 Å². The van der Waals surface area contributed by atoms with Gasteiger partial charge in [-0.1, -0.05) is 12.1 Å². The molecule has 0 saturated carbocycles. The van der Waals surface area contributed by atoms with Gasteiger partial charge in [-0.05, 0) is 24.6 Å². The minimum absolute atomic E-state index is 0.173. The maximum Gasteiger partial charge on any atom is 0.251 e. The zero-order valence-corrected chi connectivity index (χ0v) is 11.5. The predicted molar refractivity (Wildman–Crippen MR) is 70.7 cm³/mol. The van der Waals surface area contributed by atoms with Crippen molar-refractivity contribution in [2.24, 2.45) is 0 Å². The molecule has 100 valence electrons. The summed E-state index contributed by atoms with van der Waals surface area (Å²) in [5.74, 6) is 0.212. The molecule has 0 fully saturated rings. The Labute approximate surface area is 112 Å². The van der Waals surface area contributed by atoms with Crippen LogP contribution in [-0.4, -0.2) is 32.5 Å². The van der Waals surface area contributed by atoms with E-state index in [0.29, 0.717) is 11.4 Å². The van der Waals surface area contributed by atoms with Crippen LogP contribution < -0.4 is 5.32 Å². The third-order valence-electron chi connectivity index (χ3n) is 2.58. The fourth-order valence-corrected chi connectivity index (χ4v) is 1.82. The molecule has 1 unspecified atom stereocenters. The first-order chi connectivity index (χ1) is 8.62. The molecule has 18 heavy (non-hydrogen) atoms. The maximum atomic E-state index is 12.0. The standard InChI is InChI=1S/C13H18ClNO3/c1-9(13(17-2)18-3)15-12(16)11-6-4-5-10(7-11)8-14/h4-7,9,13H,8H2,1-3H3,(H,15,16). The minimum atomic E-state index is -0.467. The molecule has 4 nitrogen and oxygen atoms in total. The number of amides is 1. The van der Waals surface area contributed by atoms with E-state index in [-0.39, 0.29) is 11.9 Å². The summed E-state index contributed by atoms with van der Waals surface area (Å²) in [4.78, 5) is 12.0. The highest BCUT2D eigenvalue weighted by molar-refractivity contribution is 6.17. The van der Waals surface area contributed by atoms with E-state index in [1.165, 1.54) is 14.2 Å². The number of hydrogen-bond acceptors (Lipinski definition) is 3. The number of carbonyl (C=O) groups excluding carboxylic acids is 1. The van der Waals surface area contributed by atoms with Crippen molar-refractivity contribution in [3.05, 3.63) is 35.4 Å². The smallest absolute Gasteiger partial charge is 0.251 e. The Kier molecular flexibility index (Phi) is 6.12. The van der Waals surface area contributed by atoms with Crippen molar-refractivity contribution in [2.45, 2.75) is 25.1 Å². The molecule has 0 aliphatic rings. The molecule has 1 N–H and O–H groups in total. The molecule has 0 saturated heterocycles. The topological polar surface area (TPSA) is 47.6 Å². The second kappa shape index (κ2) is 7.36. The van der Waals surface area contributed by atoms with Crippen molar-refractivity contribution < 1.29 is 14.3 Å². The number of halogens is 1. The number of nitrogens with one attached hydrogen (secondary N) is 1. The molecule has 0 aromatic heterocycles.